The first-order chi connectivity index (χ1) is 12.3. The molecule has 6 nitrogen and oxygen atoms in total. The standard InChI is InChI=1S/C16H20N2O4S4/c1-5-21-13(19)11-9(3)17(15(23)25-11)7-8-18-10(4)12(26-16(18)24)14(20)22-6-2/h5-8H2,1-4H3. The van der Waals surface area contributed by atoms with Crippen molar-refractivity contribution in [3.8, 4) is 0 Å². The molecule has 0 aliphatic heterocycles. The Morgan fingerprint density at radius 3 is 1.50 bits per heavy atom. The lowest BCUT2D eigenvalue weighted by atomic mass is 10.3. The molecule has 0 aliphatic rings. The Labute approximate surface area is 170 Å². The molecule has 0 N–H and O–H groups in total. The van der Waals surface area contributed by atoms with Crippen molar-refractivity contribution in [3.05, 3.63) is 29.1 Å². The molecule has 0 saturated carbocycles. The van der Waals surface area contributed by atoms with Crippen LogP contribution in [0.25, 0.3) is 0 Å². The van der Waals surface area contributed by atoms with Crippen LogP contribution in [0.1, 0.15) is 44.6 Å². The number of carbonyl (C=O) groups is 2. The number of thiazole rings is 2. The van der Waals surface area contributed by atoms with Gasteiger partial charge in [0.1, 0.15) is 9.75 Å². The molecule has 0 saturated heterocycles. The van der Waals surface area contributed by atoms with Gasteiger partial charge >= 0.3 is 11.9 Å². The second-order valence-electron chi connectivity index (χ2n) is 5.31. The highest BCUT2D eigenvalue weighted by Gasteiger charge is 2.19. The van der Waals surface area contributed by atoms with Gasteiger partial charge in [-0.15, -0.1) is 0 Å². The summed E-state index contributed by atoms with van der Waals surface area (Å²) in [6, 6.07) is 0. The molecule has 2 aromatic heterocycles. The van der Waals surface area contributed by atoms with Crippen LogP contribution in [0.3, 0.4) is 0 Å². The van der Waals surface area contributed by atoms with E-state index in [9.17, 15) is 9.59 Å². The van der Waals surface area contributed by atoms with Gasteiger partial charge in [-0.25, -0.2) is 9.59 Å². The third-order valence-corrected chi connectivity index (χ3v) is 6.82. The molecule has 2 heterocycles. The normalized spacial score (nSPS) is 10.8. The molecule has 0 atom stereocenters. The van der Waals surface area contributed by atoms with Gasteiger partial charge in [0.25, 0.3) is 0 Å². The van der Waals surface area contributed by atoms with Crippen molar-refractivity contribution in [2.24, 2.45) is 0 Å². The van der Waals surface area contributed by atoms with Gasteiger partial charge in [-0.3, -0.25) is 0 Å². The minimum absolute atomic E-state index is 0.322. The predicted molar refractivity (Wildman–Crippen MR) is 108 cm³/mol. The molecule has 0 radical (unpaired) electrons. The Kier molecular flexibility index (Phi) is 7.27. The molecule has 0 fully saturated rings. The fraction of sp³-hybridized carbons (Fsp3) is 0.500. The SMILES string of the molecule is CCOC(=O)c1sc(=S)n(CCn2c(C)c(C(=O)OCC)sc2=S)c1C. The highest BCUT2D eigenvalue weighted by atomic mass is 32.2. The first kappa shape index (κ1) is 20.9. The maximum absolute atomic E-state index is 12.0. The summed E-state index contributed by atoms with van der Waals surface area (Å²) >= 11 is 13.3. The van der Waals surface area contributed by atoms with Gasteiger partial charge in [-0.2, -0.15) is 0 Å². The zero-order valence-electron chi connectivity index (χ0n) is 15.0. The summed E-state index contributed by atoms with van der Waals surface area (Å²) < 4.78 is 15.2. The van der Waals surface area contributed by atoms with E-state index in [1.165, 1.54) is 22.7 Å². The van der Waals surface area contributed by atoms with Crippen LogP contribution in [0.15, 0.2) is 0 Å². The lowest BCUT2D eigenvalue weighted by Gasteiger charge is -2.10. The Balaban J connectivity index is 2.25. The first-order valence-corrected chi connectivity index (χ1v) is 10.5. The van der Waals surface area contributed by atoms with Gasteiger partial charge in [-0.05, 0) is 52.1 Å². The van der Waals surface area contributed by atoms with E-state index in [4.69, 9.17) is 33.9 Å². The zero-order valence-corrected chi connectivity index (χ0v) is 18.3. The van der Waals surface area contributed by atoms with Gasteiger partial charge < -0.3 is 18.6 Å². The van der Waals surface area contributed by atoms with Gasteiger partial charge in [0.15, 0.2) is 7.91 Å². The zero-order chi connectivity index (χ0) is 19.4. The van der Waals surface area contributed by atoms with Crippen molar-refractivity contribution in [2.45, 2.75) is 40.8 Å². The summed E-state index contributed by atoms with van der Waals surface area (Å²) in [4.78, 5) is 25.1. The third-order valence-electron chi connectivity index (χ3n) is 3.76. The lowest BCUT2D eigenvalue weighted by Crippen LogP contribution is -2.13. The van der Waals surface area contributed by atoms with E-state index in [-0.39, 0.29) is 11.9 Å². The topological polar surface area (TPSA) is 62.5 Å². The maximum atomic E-state index is 12.0. The minimum Gasteiger partial charge on any atom is -0.462 e. The Morgan fingerprint density at radius 2 is 1.19 bits per heavy atom. The molecule has 2 aromatic rings. The minimum atomic E-state index is -0.354. The van der Waals surface area contributed by atoms with Crippen molar-refractivity contribution in [1.82, 2.24) is 9.13 Å². The monoisotopic (exact) mass is 432 g/mol. The highest BCUT2D eigenvalue weighted by Crippen LogP contribution is 2.23. The average Bonchev–Trinajstić information content (AvgIpc) is 3.03. The summed E-state index contributed by atoms with van der Waals surface area (Å²) in [7, 11) is 0. The number of hydrogen-bond donors (Lipinski definition) is 0. The van der Waals surface area contributed by atoms with Gasteiger partial charge in [0.05, 0.1) is 13.2 Å². The highest BCUT2D eigenvalue weighted by molar-refractivity contribution is 7.73. The van der Waals surface area contributed by atoms with Crippen LogP contribution >= 0.6 is 47.1 Å². The fourth-order valence-electron chi connectivity index (χ4n) is 2.44. The number of esters is 2. The number of ether oxygens (including phenoxy) is 2. The summed E-state index contributed by atoms with van der Waals surface area (Å²) in [6.45, 7) is 8.98. The molecule has 0 unspecified atom stereocenters. The van der Waals surface area contributed by atoms with Crippen LogP contribution in [-0.4, -0.2) is 34.3 Å². The summed E-state index contributed by atoms with van der Waals surface area (Å²) in [5.41, 5.74) is 1.56. The molecule has 0 spiro atoms. The first-order valence-electron chi connectivity index (χ1n) is 8.06. The van der Waals surface area contributed by atoms with E-state index in [2.05, 4.69) is 0 Å². The Hall–Kier alpha value is -1.36. The molecule has 0 aliphatic carbocycles. The number of aromatic nitrogens is 2. The summed E-state index contributed by atoms with van der Waals surface area (Å²) in [6.07, 6.45) is 0. The van der Waals surface area contributed by atoms with E-state index >= 15 is 0 Å². The second kappa shape index (κ2) is 9.03. The molecule has 0 aromatic carbocycles. The van der Waals surface area contributed by atoms with Crippen LogP contribution in [0.2, 0.25) is 0 Å². The molecule has 10 heteroatoms. The second-order valence-corrected chi connectivity index (χ2v) is 8.60. The Bertz CT molecular complexity index is 859. The number of hydrogen-bond acceptors (Lipinski definition) is 8. The predicted octanol–water partition coefficient (Wildman–Crippen LogP) is 4.54. The van der Waals surface area contributed by atoms with Crippen LogP contribution in [0.4, 0.5) is 0 Å². The van der Waals surface area contributed by atoms with E-state index in [1.807, 2.05) is 23.0 Å². The Morgan fingerprint density at radius 1 is 0.846 bits per heavy atom. The van der Waals surface area contributed by atoms with Crippen molar-refractivity contribution in [2.75, 3.05) is 13.2 Å². The van der Waals surface area contributed by atoms with E-state index in [0.29, 0.717) is 44.0 Å². The number of nitrogens with zero attached hydrogens (tertiary/aromatic N) is 2. The largest absolute Gasteiger partial charge is 0.462 e. The van der Waals surface area contributed by atoms with Gasteiger partial charge in [0.2, 0.25) is 0 Å². The quantitative estimate of drug-likeness (QED) is 0.473. The van der Waals surface area contributed by atoms with E-state index in [1.54, 1.807) is 13.8 Å². The molecular weight excluding hydrogens is 412 g/mol. The smallest absolute Gasteiger partial charge is 0.350 e. The van der Waals surface area contributed by atoms with Crippen molar-refractivity contribution in [3.63, 3.8) is 0 Å². The molecule has 142 valence electrons. The molecule has 26 heavy (non-hydrogen) atoms. The van der Waals surface area contributed by atoms with Crippen LogP contribution < -0.4 is 0 Å². The number of carbonyl (C=O) groups excluding carboxylic acids is 2. The summed E-state index contributed by atoms with van der Waals surface area (Å²) in [5.74, 6) is -0.708. The average molecular weight is 433 g/mol. The van der Waals surface area contributed by atoms with Gasteiger partial charge in [0, 0.05) is 24.5 Å². The maximum Gasteiger partial charge on any atom is 0.350 e. The van der Waals surface area contributed by atoms with Crippen LogP contribution in [-0.2, 0) is 22.6 Å². The van der Waals surface area contributed by atoms with E-state index in [0.717, 1.165) is 11.4 Å². The third kappa shape index (κ3) is 4.30. The van der Waals surface area contributed by atoms with Crippen molar-refractivity contribution >= 4 is 59.0 Å². The molecular formula is C16H20N2O4S4. The van der Waals surface area contributed by atoms with Crippen LogP contribution in [0, 0.1) is 21.8 Å². The molecule has 0 bridgehead atoms. The molecule has 2 rings (SSSR count). The summed E-state index contributed by atoms with van der Waals surface area (Å²) in [5, 5.41) is 0. The van der Waals surface area contributed by atoms with Crippen LogP contribution in [0.5, 0.6) is 0 Å². The van der Waals surface area contributed by atoms with Crippen molar-refractivity contribution < 1.29 is 19.1 Å². The number of rotatable bonds is 7. The van der Waals surface area contributed by atoms with Gasteiger partial charge in [-0.1, -0.05) is 22.7 Å². The lowest BCUT2D eigenvalue weighted by molar-refractivity contribution is 0.0520. The fourth-order valence-corrected chi connectivity index (χ4v) is 5.22. The van der Waals surface area contributed by atoms with E-state index < -0.39 is 0 Å². The van der Waals surface area contributed by atoms with Crippen molar-refractivity contribution in [1.29, 1.82) is 0 Å². The molecule has 0 amide bonds.